The Balaban J connectivity index is 1.13. The molecule has 0 aliphatic carbocycles. The summed E-state index contributed by atoms with van der Waals surface area (Å²) in [6.07, 6.45) is 7.53. The van der Waals surface area contributed by atoms with E-state index in [0.717, 1.165) is 43.7 Å². The summed E-state index contributed by atoms with van der Waals surface area (Å²) in [4.78, 5) is 20.5. The van der Waals surface area contributed by atoms with E-state index in [1.165, 1.54) is 17.0 Å². The van der Waals surface area contributed by atoms with Gasteiger partial charge in [0, 0.05) is 49.0 Å². The molecule has 1 atom stereocenters. The van der Waals surface area contributed by atoms with E-state index in [9.17, 15) is 9.18 Å². The minimum atomic E-state index is -0.461. The number of fused-ring (bicyclic) bond motifs is 1. The lowest BCUT2D eigenvalue weighted by Crippen LogP contribution is -2.49. The lowest BCUT2D eigenvalue weighted by atomic mass is 9.98. The van der Waals surface area contributed by atoms with Crippen LogP contribution < -0.4 is 0 Å². The molecule has 1 N–H and O–H groups in total. The van der Waals surface area contributed by atoms with Gasteiger partial charge in [-0.25, -0.2) is 4.39 Å². The SMILES string of the molecule is CC(C(=O)N1CCN(CCCc2c[nH]c3ccc(-n4cnnc4)cc23)CC1)c1ccccc1F. The van der Waals surface area contributed by atoms with Crippen molar-refractivity contribution in [3.05, 3.63) is 78.3 Å². The quantitative estimate of drug-likeness (QED) is 0.456. The van der Waals surface area contributed by atoms with Gasteiger partial charge >= 0.3 is 0 Å². The van der Waals surface area contributed by atoms with Gasteiger partial charge in [0.25, 0.3) is 0 Å². The molecule has 1 saturated heterocycles. The van der Waals surface area contributed by atoms with Crippen LogP contribution in [0.25, 0.3) is 16.6 Å². The van der Waals surface area contributed by atoms with Gasteiger partial charge in [0.1, 0.15) is 18.5 Å². The van der Waals surface area contributed by atoms with Crippen molar-refractivity contribution in [3.8, 4) is 5.69 Å². The summed E-state index contributed by atoms with van der Waals surface area (Å²) in [5.74, 6) is -0.766. The highest BCUT2D eigenvalue weighted by atomic mass is 19.1. The lowest BCUT2D eigenvalue weighted by Gasteiger charge is -2.36. The zero-order chi connectivity index (χ0) is 23.5. The van der Waals surface area contributed by atoms with Crippen LogP contribution in [0.5, 0.6) is 0 Å². The third-order valence-electron chi connectivity index (χ3n) is 6.81. The fourth-order valence-electron chi connectivity index (χ4n) is 4.79. The van der Waals surface area contributed by atoms with E-state index in [4.69, 9.17) is 0 Å². The van der Waals surface area contributed by atoms with Crippen LogP contribution in [-0.4, -0.2) is 68.2 Å². The Labute approximate surface area is 198 Å². The van der Waals surface area contributed by atoms with Crippen LogP contribution in [0.1, 0.15) is 30.4 Å². The number of aromatic nitrogens is 4. The summed E-state index contributed by atoms with van der Waals surface area (Å²) >= 11 is 0. The summed E-state index contributed by atoms with van der Waals surface area (Å²) in [6, 6.07) is 12.9. The number of hydrogen-bond acceptors (Lipinski definition) is 4. The molecule has 7 nitrogen and oxygen atoms in total. The molecule has 0 saturated carbocycles. The van der Waals surface area contributed by atoms with Crippen LogP contribution >= 0.6 is 0 Å². The predicted octanol–water partition coefficient (Wildman–Crippen LogP) is 3.77. The van der Waals surface area contributed by atoms with Gasteiger partial charge in [-0.2, -0.15) is 0 Å². The molecular weight excluding hydrogens is 431 g/mol. The maximum absolute atomic E-state index is 14.1. The Morgan fingerprint density at radius 2 is 1.85 bits per heavy atom. The second kappa shape index (κ2) is 9.77. The number of piperazine rings is 1. The average Bonchev–Trinajstić information content (AvgIpc) is 3.54. The van der Waals surface area contributed by atoms with Gasteiger partial charge in [-0.3, -0.25) is 14.3 Å². The van der Waals surface area contributed by atoms with Crippen LogP contribution in [0.2, 0.25) is 0 Å². The van der Waals surface area contributed by atoms with Crippen LogP contribution in [0.15, 0.2) is 61.3 Å². The second-order valence-electron chi connectivity index (χ2n) is 8.93. The average molecular weight is 461 g/mol. The number of benzene rings is 2. The highest BCUT2D eigenvalue weighted by molar-refractivity contribution is 5.85. The van der Waals surface area contributed by atoms with E-state index >= 15 is 0 Å². The van der Waals surface area contributed by atoms with Crippen molar-refractivity contribution in [1.29, 1.82) is 0 Å². The third kappa shape index (κ3) is 4.59. The summed E-state index contributed by atoms with van der Waals surface area (Å²) < 4.78 is 16.0. The van der Waals surface area contributed by atoms with E-state index in [1.807, 2.05) is 9.47 Å². The second-order valence-corrected chi connectivity index (χ2v) is 8.93. The van der Waals surface area contributed by atoms with E-state index < -0.39 is 5.92 Å². The van der Waals surface area contributed by atoms with Gasteiger partial charge in [0.05, 0.1) is 5.92 Å². The molecule has 0 spiro atoms. The molecule has 1 aliphatic rings. The first-order chi connectivity index (χ1) is 16.6. The van der Waals surface area contributed by atoms with Crippen molar-refractivity contribution in [3.63, 3.8) is 0 Å². The van der Waals surface area contributed by atoms with Gasteiger partial charge in [0.15, 0.2) is 0 Å². The van der Waals surface area contributed by atoms with E-state index in [0.29, 0.717) is 18.7 Å². The Hall–Kier alpha value is -3.52. The number of aromatic amines is 1. The maximum atomic E-state index is 14.1. The smallest absolute Gasteiger partial charge is 0.230 e. The van der Waals surface area contributed by atoms with E-state index in [2.05, 4.69) is 44.5 Å². The fraction of sp³-hybridized carbons (Fsp3) is 0.346. The van der Waals surface area contributed by atoms with Crippen molar-refractivity contribution in [1.82, 2.24) is 29.5 Å². The zero-order valence-electron chi connectivity index (χ0n) is 19.3. The zero-order valence-corrected chi connectivity index (χ0v) is 19.3. The molecule has 1 unspecified atom stereocenters. The fourth-order valence-corrected chi connectivity index (χ4v) is 4.79. The van der Waals surface area contributed by atoms with Gasteiger partial charge in [-0.15, -0.1) is 10.2 Å². The van der Waals surface area contributed by atoms with Gasteiger partial charge in [0.2, 0.25) is 5.91 Å². The minimum Gasteiger partial charge on any atom is -0.361 e. The Morgan fingerprint density at radius 1 is 1.09 bits per heavy atom. The number of aryl methyl sites for hydroxylation is 1. The molecule has 1 fully saturated rings. The molecule has 34 heavy (non-hydrogen) atoms. The van der Waals surface area contributed by atoms with Crippen molar-refractivity contribution < 1.29 is 9.18 Å². The maximum Gasteiger partial charge on any atom is 0.230 e. The van der Waals surface area contributed by atoms with Gasteiger partial charge in [-0.1, -0.05) is 18.2 Å². The molecule has 3 heterocycles. The Bertz CT molecular complexity index is 1260. The molecule has 2 aromatic carbocycles. The molecule has 0 bridgehead atoms. The van der Waals surface area contributed by atoms with E-state index in [-0.39, 0.29) is 11.7 Å². The van der Waals surface area contributed by atoms with Crippen molar-refractivity contribution in [2.75, 3.05) is 32.7 Å². The number of hydrogen-bond donors (Lipinski definition) is 1. The minimum absolute atomic E-state index is 0.00689. The summed E-state index contributed by atoms with van der Waals surface area (Å²) in [6.45, 7) is 5.86. The monoisotopic (exact) mass is 460 g/mol. The molecule has 0 radical (unpaired) electrons. The first-order valence-corrected chi connectivity index (χ1v) is 11.8. The highest BCUT2D eigenvalue weighted by Crippen LogP contribution is 2.24. The largest absolute Gasteiger partial charge is 0.361 e. The predicted molar refractivity (Wildman–Crippen MR) is 129 cm³/mol. The number of nitrogens with zero attached hydrogens (tertiary/aromatic N) is 5. The summed E-state index contributed by atoms with van der Waals surface area (Å²) in [7, 11) is 0. The van der Waals surface area contributed by atoms with Crippen LogP contribution in [0.4, 0.5) is 4.39 Å². The first-order valence-electron chi connectivity index (χ1n) is 11.8. The van der Waals surface area contributed by atoms with Crippen molar-refractivity contribution in [2.45, 2.75) is 25.7 Å². The molecule has 1 amide bonds. The van der Waals surface area contributed by atoms with Crippen LogP contribution in [0, 0.1) is 5.82 Å². The number of carbonyl (C=O) groups excluding carboxylic acids is 1. The number of amides is 1. The normalized spacial score (nSPS) is 15.6. The highest BCUT2D eigenvalue weighted by Gasteiger charge is 2.27. The third-order valence-corrected chi connectivity index (χ3v) is 6.81. The molecule has 1 aliphatic heterocycles. The molecule has 2 aromatic heterocycles. The summed E-state index contributed by atoms with van der Waals surface area (Å²) in [5.41, 5.74) is 3.95. The Morgan fingerprint density at radius 3 is 2.62 bits per heavy atom. The number of H-pyrrole nitrogens is 1. The molecule has 5 rings (SSSR count). The van der Waals surface area contributed by atoms with Crippen LogP contribution in [0.3, 0.4) is 0 Å². The molecule has 4 aromatic rings. The number of carbonyl (C=O) groups is 1. The van der Waals surface area contributed by atoms with Crippen molar-refractivity contribution in [2.24, 2.45) is 0 Å². The standard InChI is InChI=1S/C26H29FN6O/c1-19(22-6-2-3-7-24(22)27)26(34)32-13-11-31(12-14-32)10-4-5-20-16-28-25-9-8-21(15-23(20)25)33-17-29-30-18-33/h2-3,6-9,15-19,28H,4-5,10-14H2,1H3. The topological polar surface area (TPSA) is 70.1 Å². The van der Waals surface area contributed by atoms with Gasteiger partial charge in [-0.05, 0) is 61.7 Å². The summed E-state index contributed by atoms with van der Waals surface area (Å²) in [5, 5.41) is 9.01. The molecular formula is C26H29FN6O. The molecule has 176 valence electrons. The Kier molecular flexibility index (Phi) is 6.40. The van der Waals surface area contributed by atoms with Gasteiger partial charge < -0.3 is 9.88 Å². The first kappa shape index (κ1) is 22.3. The number of rotatable bonds is 7. The van der Waals surface area contributed by atoms with Crippen molar-refractivity contribution >= 4 is 16.8 Å². The molecule has 8 heteroatoms. The lowest BCUT2D eigenvalue weighted by molar-refractivity contribution is -0.134. The number of nitrogens with one attached hydrogen (secondary N) is 1. The van der Waals surface area contributed by atoms with E-state index in [1.54, 1.807) is 37.8 Å². The number of halogens is 1. The van der Waals surface area contributed by atoms with Crippen LogP contribution in [-0.2, 0) is 11.2 Å².